The minimum Gasteiger partial charge on any atom is -0.460 e. The van der Waals surface area contributed by atoms with Gasteiger partial charge in [-0.15, -0.1) is 0 Å². The number of fused-ring (bicyclic) bond motifs is 1. The summed E-state index contributed by atoms with van der Waals surface area (Å²) in [5, 5.41) is 1.65. The highest BCUT2D eigenvalue weighted by Gasteiger charge is 2.35. The third kappa shape index (κ3) is 4.45. The van der Waals surface area contributed by atoms with Crippen LogP contribution in [-0.2, 0) is 6.42 Å². The minimum absolute atomic E-state index is 0.0769. The number of rotatable bonds is 4. The maximum atomic E-state index is 13.4. The lowest BCUT2D eigenvalue weighted by molar-refractivity contribution is -0.0494. The van der Waals surface area contributed by atoms with E-state index in [0.29, 0.717) is 10.6 Å². The first-order valence-corrected chi connectivity index (χ1v) is 11.8. The molecule has 3 aromatic carbocycles. The molecule has 0 unspecified atom stereocenters. The van der Waals surface area contributed by atoms with Gasteiger partial charge in [-0.1, -0.05) is 42.8 Å². The number of furan rings is 1. The molecule has 1 aliphatic rings. The maximum Gasteiger partial charge on any atom is 0.253 e. The summed E-state index contributed by atoms with van der Waals surface area (Å²) in [5.74, 6) is -1.98. The number of alkyl halides is 2. The van der Waals surface area contributed by atoms with Crippen molar-refractivity contribution in [1.29, 1.82) is 0 Å². The molecule has 0 spiro atoms. The van der Waals surface area contributed by atoms with Crippen molar-refractivity contribution >= 4 is 28.5 Å². The van der Waals surface area contributed by atoms with Crippen LogP contribution in [0, 0.1) is 0 Å². The van der Waals surface area contributed by atoms with E-state index in [2.05, 4.69) is 25.1 Å². The number of halogens is 3. The zero-order valence-corrected chi connectivity index (χ0v) is 19.5. The van der Waals surface area contributed by atoms with Crippen LogP contribution in [0.15, 0.2) is 71.1 Å². The molecule has 1 fully saturated rings. The molecular formula is C28H24ClF2NO2. The Morgan fingerprint density at radius 3 is 2.38 bits per heavy atom. The summed E-state index contributed by atoms with van der Waals surface area (Å²) in [7, 11) is 0. The molecule has 6 heteroatoms. The largest absolute Gasteiger partial charge is 0.460 e. The van der Waals surface area contributed by atoms with Crippen molar-refractivity contribution < 1.29 is 18.0 Å². The molecule has 0 N–H and O–H groups in total. The van der Waals surface area contributed by atoms with Crippen LogP contribution in [0.25, 0.3) is 33.2 Å². The highest BCUT2D eigenvalue weighted by Crippen LogP contribution is 2.37. The van der Waals surface area contributed by atoms with Gasteiger partial charge in [0.15, 0.2) is 0 Å². The number of carbonyl (C=O) groups excluding carboxylic acids is 1. The van der Waals surface area contributed by atoms with Gasteiger partial charge in [-0.25, -0.2) is 8.78 Å². The van der Waals surface area contributed by atoms with Crippen molar-refractivity contribution in [2.24, 2.45) is 0 Å². The predicted octanol–water partition coefficient (Wildman–Crippen LogP) is 7.85. The summed E-state index contributed by atoms with van der Waals surface area (Å²) in [4.78, 5) is 14.3. The van der Waals surface area contributed by atoms with Gasteiger partial charge in [0.2, 0.25) is 0 Å². The van der Waals surface area contributed by atoms with Crippen LogP contribution < -0.4 is 0 Å². The molecule has 0 atom stereocenters. The van der Waals surface area contributed by atoms with Crippen molar-refractivity contribution in [3.63, 3.8) is 0 Å². The van der Waals surface area contributed by atoms with E-state index in [1.54, 1.807) is 12.1 Å². The number of amides is 1. The SMILES string of the molecule is CCc1cc2cc(-c3ccc(C(=O)N4CCC(F)(F)CC4)cc3)cc(-c3cccc(Cl)c3)c2o1. The lowest BCUT2D eigenvalue weighted by Gasteiger charge is -2.31. The Morgan fingerprint density at radius 2 is 1.71 bits per heavy atom. The standard InChI is InChI=1S/C28H24ClF2NO2/c1-2-24-16-22-14-21(17-25(26(22)34-24)20-4-3-5-23(29)15-20)18-6-8-19(9-7-18)27(33)32-12-10-28(30,31)11-13-32/h3-9,14-17H,2,10-13H2,1H3. The van der Waals surface area contributed by atoms with Crippen molar-refractivity contribution in [1.82, 2.24) is 4.90 Å². The molecule has 1 saturated heterocycles. The minimum atomic E-state index is -2.68. The van der Waals surface area contributed by atoms with E-state index in [0.717, 1.165) is 45.4 Å². The molecule has 4 aromatic rings. The van der Waals surface area contributed by atoms with Crippen LogP contribution in [0.1, 0.15) is 35.9 Å². The Hall–Kier alpha value is -3.18. The van der Waals surface area contributed by atoms with Gasteiger partial charge < -0.3 is 9.32 Å². The fourth-order valence-electron chi connectivity index (χ4n) is 4.44. The van der Waals surface area contributed by atoms with E-state index >= 15 is 0 Å². The van der Waals surface area contributed by atoms with Gasteiger partial charge in [0.25, 0.3) is 11.8 Å². The molecule has 34 heavy (non-hydrogen) atoms. The molecule has 5 rings (SSSR count). The van der Waals surface area contributed by atoms with E-state index in [1.165, 1.54) is 4.90 Å². The zero-order valence-electron chi connectivity index (χ0n) is 18.8. The Balaban J connectivity index is 1.49. The van der Waals surface area contributed by atoms with Crippen LogP contribution in [0.5, 0.6) is 0 Å². The molecule has 0 radical (unpaired) electrons. The smallest absolute Gasteiger partial charge is 0.253 e. The van der Waals surface area contributed by atoms with Gasteiger partial charge in [0.05, 0.1) is 0 Å². The molecular weight excluding hydrogens is 456 g/mol. The number of aryl methyl sites for hydroxylation is 1. The van der Waals surface area contributed by atoms with Gasteiger partial charge >= 0.3 is 0 Å². The van der Waals surface area contributed by atoms with Crippen molar-refractivity contribution in [3.8, 4) is 22.3 Å². The number of likely N-dealkylation sites (tertiary alicyclic amines) is 1. The lowest BCUT2D eigenvalue weighted by Crippen LogP contribution is -2.42. The fourth-order valence-corrected chi connectivity index (χ4v) is 4.63. The van der Waals surface area contributed by atoms with Crippen LogP contribution in [0.4, 0.5) is 8.78 Å². The van der Waals surface area contributed by atoms with Crippen LogP contribution in [0.3, 0.4) is 0 Å². The van der Waals surface area contributed by atoms with Crippen molar-refractivity contribution in [3.05, 3.63) is 83.1 Å². The van der Waals surface area contributed by atoms with Gasteiger partial charge in [0, 0.05) is 53.9 Å². The van der Waals surface area contributed by atoms with Gasteiger partial charge in [0.1, 0.15) is 11.3 Å². The third-order valence-electron chi connectivity index (χ3n) is 6.40. The van der Waals surface area contributed by atoms with E-state index in [1.807, 2.05) is 36.4 Å². The normalized spacial score (nSPS) is 15.6. The lowest BCUT2D eigenvalue weighted by atomic mass is 9.96. The van der Waals surface area contributed by atoms with E-state index in [9.17, 15) is 13.6 Å². The Kier molecular flexibility index (Phi) is 5.90. The van der Waals surface area contributed by atoms with Gasteiger partial charge in [-0.3, -0.25) is 4.79 Å². The summed E-state index contributed by atoms with van der Waals surface area (Å²) in [6, 6.07) is 21.2. The van der Waals surface area contributed by atoms with E-state index in [-0.39, 0.29) is 31.8 Å². The summed E-state index contributed by atoms with van der Waals surface area (Å²) in [5.41, 5.74) is 5.17. The van der Waals surface area contributed by atoms with Crippen LogP contribution >= 0.6 is 11.6 Å². The molecule has 1 aromatic heterocycles. The van der Waals surface area contributed by atoms with Crippen molar-refractivity contribution in [2.45, 2.75) is 32.1 Å². The predicted molar refractivity (Wildman–Crippen MR) is 132 cm³/mol. The second kappa shape index (κ2) is 8.88. The summed E-state index contributed by atoms with van der Waals surface area (Å²) in [6.07, 6.45) is 0.222. The first kappa shape index (κ1) is 22.6. The first-order chi connectivity index (χ1) is 16.3. The Bertz CT molecular complexity index is 1350. The zero-order chi connectivity index (χ0) is 23.9. The summed E-state index contributed by atoms with van der Waals surface area (Å²) in [6.45, 7) is 2.21. The molecule has 0 bridgehead atoms. The van der Waals surface area contributed by atoms with Crippen LogP contribution in [0.2, 0.25) is 5.02 Å². The van der Waals surface area contributed by atoms with E-state index < -0.39 is 5.92 Å². The molecule has 1 amide bonds. The van der Waals surface area contributed by atoms with Gasteiger partial charge in [-0.2, -0.15) is 0 Å². The number of hydrogen-bond donors (Lipinski definition) is 0. The second-order valence-corrected chi connectivity index (χ2v) is 9.18. The number of nitrogens with zero attached hydrogens (tertiary/aromatic N) is 1. The van der Waals surface area contributed by atoms with Crippen LogP contribution in [-0.4, -0.2) is 29.8 Å². The fraction of sp³-hybridized carbons (Fsp3) is 0.250. The molecule has 0 saturated carbocycles. The van der Waals surface area contributed by atoms with E-state index in [4.69, 9.17) is 16.0 Å². The first-order valence-electron chi connectivity index (χ1n) is 11.4. The highest BCUT2D eigenvalue weighted by molar-refractivity contribution is 6.30. The number of benzene rings is 3. The Morgan fingerprint density at radius 1 is 0.971 bits per heavy atom. The topological polar surface area (TPSA) is 33.5 Å². The highest BCUT2D eigenvalue weighted by atomic mass is 35.5. The average molecular weight is 480 g/mol. The maximum absolute atomic E-state index is 13.4. The quantitative estimate of drug-likeness (QED) is 0.298. The van der Waals surface area contributed by atoms with Crippen molar-refractivity contribution in [2.75, 3.05) is 13.1 Å². The molecule has 0 aliphatic carbocycles. The summed E-state index contributed by atoms with van der Waals surface area (Å²) < 4.78 is 33.0. The molecule has 1 aliphatic heterocycles. The molecule has 2 heterocycles. The Labute approximate surface area is 201 Å². The average Bonchev–Trinajstić information content (AvgIpc) is 3.26. The second-order valence-electron chi connectivity index (χ2n) is 8.74. The third-order valence-corrected chi connectivity index (χ3v) is 6.63. The monoisotopic (exact) mass is 479 g/mol. The summed E-state index contributed by atoms with van der Waals surface area (Å²) >= 11 is 6.25. The molecule has 3 nitrogen and oxygen atoms in total. The molecule has 174 valence electrons. The number of hydrogen-bond acceptors (Lipinski definition) is 2. The number of piperidine rings is 1. The van der Waals surface area contributed by atoms with Gasteiger partial charge in [-0.05, 0) is 59.2 Å². The number of carbonyl (C=O) groups is 1.